The van der Waals surface area contributed by atoms with E-state index >= 15 is 0 Å². The molecule has 2 amide bonds. The highest BCUT2D eigenvalue weighted by Gasteiger charge is 2.17. The van der Waals surface area contributed by atoms with Gasteiger partial charge < -0.3 is 15.1 Å². The molecule has 0 aliphatic rings. The predicted octanol–water partition coefficient (Wildman–Crippen LogP) is 7.23. The normalized spacial score (nSPS) is 10.8. The summed E-state index contributed by atoms with van der Waals surface area (Å²) in [5, 5.41) is 16.6. The Morgan fingerprint density at radius 3 is 2.36 bits per heavy atom. The van der Waals surface area contributed by atoms with Crippen molar-refractivity contribution < 1.29 is 23.7 Å². The van der Waals surface area contributed by atoms with Crippen molar-refractivity contribution in [1.29, 1.82) is 0 Å². The maximum Gasteiger partial charge on any atom is 0.270 e. The molecule has 0 spiro atoms. The lowest BCUT2D eigenvalue weighted by Gasteiger charge is -2.13. The standard InChI is InChI=1S/C35H27N3O6/c1-23-10-12-24(13-11-23)20-34(40)37-31-17-14-27(22-30(31)35(41)25-6-3-2-4-7-25)36-33(39)19-16-29-15-18-32(44-29)26-8-5-9-28(21-26)38(42)43/h2-19,21-22H,20H2,1H3,(H,36,39)(H,37,40)/b19-16+. The first-order valence-corrected chi connectivity index (χ1v) is 13.7. The number of nitrogens with one attached hydrogen (secondary N) is 2. The van der Waals surface area contributed by atoms with E-state index in [-0.39, 0.29) is 29.4 Å². The number of anilines is 2. The summed E-state index contributed by atoms with van der Waals surface area (Å²) >= 11 is 0. The molecular weight excluding hydrogens is 558 g/mol. The van der Waals surface area contributed by atoms with E-state index in [1.807, 2.05) is 31.2 Å². The minimum atomic E-state index is -0.484. The lowest BCUT2D eigenvalue weighted by Crippen LogP contribution is -2.18. The predicted molar refractivity (Wildman–Crippen MR) is 168 cm³/mol. The van der Waals surface area contributed by atoms with Gasteiger partial charge in [0.15, 0.2) is 5.78 Å². The van der Waals surface area contributed by atoms with Gasteiger partial charge in [0.2, 0.25) is 11.8 Å². The molecule has 1 heterocycles. The molecule has 0 atom stereocenters. The molecule has 0 aliphatic carbocycles. The number of nitro groups is 1. The van der Waals surface area contributed by atoms with Gasteiger partial charge in [-0.25, -0.2) is 0 Å². The minimum Gasteiger partial charge on any atom is -0.457 e. The third-order valence-electron chi connectivity index (χ3n) is 6.69. The topological polar surface area (TPSA) is 132 Å². The zero-order valence-electron chi connectivity index (χ0n) is 23.7. The third kappa shape index (κ3) is 7.40. The van der Waals surface area contributed by atoms with Crippen LogP contribution in [-0.2, 0) is 16.0 Å². The summed E-state index contributed by atoms with van der Waals surface area (Å²) in [6, 6.07) is 30.3. The van der Waals surface area contributed by atoms with E-state index in [1.54, 1.807) is 66.7 Å². The number of non-ortho nitro benzene ring substituents is 1. The van der Waals surface area contributed by atoms with E-state index in [2.05, 4.69) is 10.6 Å². The van der Waals surface area contributed by atoms with Gasteiger partial charge >= 0.3 is 0 Å². The van der Waals surface area contributed by atoms with Gasteiger partial charge in [-0.1, -0.05) is 72.3 Å². The highest BCUT2D eigenvalue weighted by atomic mass is 16.6. The van der Waals surface area contributed by atoms with E-state index in [9.17, 15) is 24.5 Å². The van der Waals surface area contributed by atoms with Crippen molar-refractivity contribution in [3.63, 3.8) is 0 Å². The Morgan fingerprint density at radius 1 is 0.841 bits per heavy atom. The maximum absolute atomic E-state index is 13.4. The lowest BCUT2D eigenvalue weighted by atomic mass is 10.0. The number of hydrogen-bond donors (Lipinski definition) is 2. The summed E-state index contributed by atoms with van der Waals surface area (Å²) in [5.74, 6) is -0.288. The summed E-state index contributed by atoms with van der Waals surface area (Å²) in [7, 11) is 0. The molecule has 4 aromatic carbocycles. The van der Waals surface area contributed by atoms with Crippen LogP contribution in [0.3, 0.4) is 0 Å². The van der Waals surface area contributed by atoms with Crippen molar-refractivity contribution in [3.05, 3.63) is 153 Å². The SMILES string of the molecule is Cc1ccc(CC(=O)Nc2ccc(NC(=O)/C=C/c3ccc(-c4cccc([N+](=O)[O-])c4)o3)cc2C(=O)c2ccccc2)cc1. The summed E-state index contributed by atoms with van der Waals surface area (Å²) in [6.45, 7) is 1.97. The van der Waals surface area contributed by atoms with Crippen molar-refractivity contribution >= 4 is 40.7 Å². The number of amides is 2. The van der Waals surface area contributed by atoms with E-state index in [0.717, 1.165) is 11.1 Å². The molecule has 0 radical (unpaired) electrons. The molecule has 0 fully saturated rings. The fourth-order valence-electron chi connectivity index (χ4n) is 4.46. The van der Waals surface area contributed by atoms with Crippen molar-refractivity contribution in [2.24, 2.45) is 0 Å². The van der Waals surface area contributed by atoms with Crippen LogP contribution in [0.5, 0.6) is 0 Å². The number of nitrogens with zero attached hydrogens (tertiary/aromatic N) is 1. The van der Waals surface area contributed by atoms with Crippen LogP contribution in [0.1, 0.15) is 32.8 Å². The van der Waals surface area contributed by atoms with Gasteiger partial charge in [0.25, 0.3) is 5.69 Å². The Hall–Kier alpha value is -6.09. The number of furan rings is 1. The van der Waals surface area contributed by atoms with E-state index in [0.29, 0.717) is 34.0 Å². The third-order valence-corrected chi connectivity index (χ3v) is 6.69. The van der Waals surface area contributed by atoms with Crippen LogP contribution in [-0.4, -0.2) is 22.5 Å². The van der Waals surface area contributed by atoms with Gasteiger partial charge in [0, 0.05) is 40.6 Å². The summed E-state index contributed by atoms with van der Waals surface area (Å²) in [5.41, 5.74) is 3.74. The second kappa shape index (κ2) is 13.3. The van der Waals surface area contributed by atoms with Crippen molar-refractivity contribution in [2.75, 3.05) is 10.6 Å². The number of rotatable bonds is 10. The van der Waals surface area contributed by atoms with E-state index in [1.165, 1.54) is 30.4 Å². The van der Waals surface area contributed by atoms with Gasteiger partial charge in [0.1, 0.15) is 11.5 Å². The highest BCUT2D eigenvalue weighted by molar-refractivity contribution is 6.15. The van der Waals surface area contributed by atoms with Gasteiger partial charge in [-0.3, -0.25) is 24.5 Å². The highest BCUT2D eigenvalue weighted by Crippen LogP contribution is 2.27. The van der Waals surface area contributed by atoms with Gasteiger partial charge in [-0.2, -0.15) is 0 Å². The molecule has 0 saturated carbocycles. The molecule has 0 saturated heterocycles. The number of carbonyl (C=O) groups is 3. The number of benzene rings is 4. The molecule has 0 aliphatic heterocycles. The first-order valence-electron chi connectivity index (χ1n) is 13.7. The number of nitro benzene ring substituents is 1. The second-order valence-electron chi connectivity index (χ2n) is 10.00. The number of aryl methyl sites for hydroxylation is 1. The molecule has 5 aromatic rings. The fraction of sp³-hybridized carbons (Fsp3) is 0.0571. The van der Waals surface area contributed by atoms with Crippen LogP contribution in [0.25, 0.3) is 17.4 Å². The number of ketones is 1. The Labute approximate surface area is 253 Å². The zero-order valence-corrected chi connectivity index (χ0v) is 23.7. The smallest absolute Gasteiger partial charge is 0.270 e. The lowest BCUT2D eigenvalue weighted by molar-refractivity contribution is -0.384. The average Bonchev–Trinajstić information content (AvgIpc) is 3.51. The van der Waals surface area contributed by atoms with E-state index < -0.39 is 10.8 Å². The summed E-state index contributed by atoms with van der Waals surface area (Å²) in [6.07, 6.45) is 2.87. The minimum absolute atomic E-state index is 0.0580. The monoisotopic (exact) mass is 585 g/mol. The summed E-state index contributed by atoms with van der Waals surface area (Å²) < 4.78 is 5.73. The molecule has 9 nitrogen and oxygen atoms in total. The van der Waals surface area contributed by atoms with Gasteiger partial charge in [0.05, 0.1) is 17.0 Å². The van der Waals surface area contributed by atoms with Crippen molar-refractivity contribution in [2.45, 2.75) is 13.3 Å². The molecule has 1 aromatic heterocycles. The van der Waals surface area contributed by atoms with Crippen LogP contribution in [0.15, 0.2) is 120 Å². The number of hydrogen-bond acceptors (Lipinski definition) is 6. The Balaban J connectivity index is 1.32. The molecule has 0 bridgehead atoms. The quantitative estimate of drug-likeness (QED) is 0.0769. The van der Waals surface area contributed by atoms with Crippen LogP contribution in [0.4, 0.5) is 17.1 Å². The first kappa shape index (κ1) is 29.4. The Morgan fingerprint density at radius 2 is 1.61 bits per heavy atom. The fourth-order valence-corrected chi connectivity index (χ4v) is 4.46. The van der Waals surface area contributed by atoms with Crippen molar-refractivity contribution in [1.82, 2.24) is 0 Å². The Kier molecular flexibility index (Phi) is 8.86. The molecule has 0 unspecified atom stereocenters. The Bertz CT molecular complexity index is 1870. The molecule has 5 rings (SSSR count). The van der Waals surface area contributed by atoms with Crippen LogP contribution < -0.4 is 10.6 Å². The molecule has 44 heavy (non-hydrogen) atoms. The molecule has 2 N–H and O–H groups in total. The largest absolute Gasteiger partial charge is 0.457 e. The van der Waals surface area contributed by atoms with Crippen LogP contribution in [0, 0.1) is 17.0 Å². The summed E-state index contributed by atoms with van der Waals surface area (Å²) in [4.78, 5) is 49.6. The second-order valence-corrected chi connectivity index (χ2v) is 10.00. The maximum atomic E-state index is 13.4. The van der Waals surface area contributed by atoms with Crippen molar-refractivity contribution in [3.8, 4) is 11.3 Å². The molecule has 218 valence electrons. The first-order chi connectivity index (χ1) is 21.2. The average molecular weight is 586 g/mol. The van der Waals surface area contributed by atoms with Gasteiger partial charge in [-0.05, 0) is 48.9 Å². The van der Waals surface area contributed by atoms with E-state index in [4.69, 9.17) is 4.42 Å². The van der Waals surface area contributed by atoms with Crippen LogP contribution in [0.2, 0.25) is 0 Å². The number of carbonyl (C=O) groups excluding carboxylic acids is 3. The molecule has 9 heteroatoms. The zero-order chi connectivity index (χ0) is 31.1. The van der Waals surface area contributed by atoms with Gasteiger partial charge in [-0.15, -0.1) is 0 Å². The molecular formula is C35H27N3O6. The van der Waals surface area contributed by atoms with Crippen LogP contribution >= 0.6 is 0 Å².